The van der Waals surface area contributed by atoms with E-state index in [1.807, 2.05) is 6.07 Å². The molecule has 0 radical (unpaired) electrons. The number of hydrogen-bond donors (Lipinski definition) is 1. The molecule has 0 bridgehead atoms. The average molecular weight is 277 g/mol. The second-order valence-electron chi connectivity index (χ2n) is 6.03. The Labute approximate surface area is 120 Å². The molecule has 110 valence electrons. The Bertz CT molecular complexity index is 469. The van der Waals surface area contributed by atoms with Crippen molar-refractivity contribution in [1.29, 1.82) is 0 Å². The maximum absolute atomic E-state index is 10.1. The first kappa shape index (κ1) is 13.6. The summed E-state index contributed by atoms with van der Waals surface area (Å²) in [4.78, 5) is 2.30. The highest BCUT2D eigenvalue weighted by Crippen LogP contribution is 2.38. The monoisotopic (exact) mass is 277 g/mol. The predicted octanol–water partition coefficient (Wildman–Crippen LogP) is 3.13. The molecule has 0 atom stereocenters. The van der Waals surface area contributed by atoms with E-state index in [9.17, 15) is 5.11 Å². The van der Waals surface area contributed by atoms with E-state index < -0.39 is 0 Å². The zero-order valence-corrected chi connectivity index (χ0v) is 12.1. The van der Waals surface area contributed by atoms with E-state index in [1.54, 1.807) is 6.07 Å². The smallest absolute Gasteiger partial charge is 0.231 e. The quantitative estimate of drug-likeness (QED) is 0.918. The molecule has 0 aromatic heterocycles. The number of rotatable bonds is 4. The van der Waals surface area contributed by atoms with Crippen LogP contribution in [0.15, 0.2) is 12.1 Å². The van der Waals surface area contributed by atoms with Gasteiger partial charge in [0.2, 0.25) is 6.79 Å². The maximum Gasteiger partial charge on any atom is 0.231 e. The van der Waals surface area contributed by atoms with Crippen LogP contribution >= 0.6 is 0 Å². The topological polar surface area (TPSA) is 41.9 Å². The first-order chi connectivity index (χ1) is 9.72. The van der Waals surface area contributed by atoms with E-state index in [-0.39, 0.29) is 6.79 Å². The zero-order chi connectivity index (χ0) is 13.9. The minimum atomic E-state index is 0.246. The van der Waals surface area contributed by atoms with Crippen molar-refractivity contribution in [2.24, 2.45) is 5.92 Å². The van der Waals surface area contributed by atoms with Crippen LogP contribution in [0.1, 0.15) is 37.7 Å². The molecule has 2 aliphatic rings. The van der Waals surface area contributed by atoms with Crippen molar-refractivity contribution in [2.45, 2.75) is 38.6 Å². The highest BCUT2D eigenvalue weighted by molar-refractivity contribution is 5.51. The summed E-state index contributed by atoms with van der Waals surface area (Å²) in [7, 11) is 2.12. The number of ether oxygens (including phenoxy) is 2. The van der Waals surface area contributed by atoms with Crippen LogP contribution in [-0.2, 0) is 6.54 Å². The van der Waals surface area contributed by atoms with Crippen LogP contribution in [-0.4, -0.2) is 30.4 Å². The van der Waals surface area contributed by atoms with Gasteiger partial charge in [-0.1, -0.05) is 19.3 Å². The molecule has 1 aliphatic carbocycles. The molecule has 0 amide bonds. The third-order valence-corrected chi connectivity index (χ3v) is 4.31. The molecule has 1 fully saturated rings. The van der Waals surface area contributed by atoms with Crippen LogP contribution in [0.2, 0.25) is 0 Å². The van der Waals surface area contributed by atoms with Crippen molar-refractivity contribution >= 4 is 0 Å². The van der Waals surface area contributed by atoms with E-state index in [0.29, 0.717) is 11.5 Å². The highest BCUT2D eigenvalue weighted by atomic mass is 16.7. The van der Waals surface area contributed by atoms with E-state index in [4.69, 9.17) is 9.47 Å². The number of aromatic hydroxyl groups is 1. The fraction of sp³-hybridized carbons (Fsp3) is 0.625. The fourth-order valence-corrected chi connectivity index (χ4v) is 3.27. The van der Waals surface area contributed by atoms with Crippen LogP contribution in [0.25, 0.3) is 0 Å². The van der Waals surface area contributed by atoms with Gasteiger partial charge in [0.15, 0.2) is 11.5 Å². The van der Waals surface area contributed by atoms with Gasteiger partial charge in [-0.25, -0.2) is 0 Å². The lowest BCUT2D eigenvalue weighted by molar-refractivity contribution is 0.173. The summed E-state index contributed by atoms with van der Waals surface area (Å²) in [6.45, 7) is 2.10. The lowest BCUT2D eigenvalue weighted by Crippen LogP contribution is -2.26. The van der Waals surface area contributed by atoms with Crippen LogP contribution in [0.5, 0.6) is 17.2 Å². The highest BCUT2D eigenvalue weighted by Gasteiger charge is 2.19. The molecular formula is C16H23NO3. The molecule has 20 heavy (non-hydrogen) atoms. The molecule has 1 heterocycles. The van der Waals surface area contributed by atoms with Crippen LogP contribution in [0.4, 0.5) is 0 Å². The van der Waals surface area contributed by atoms with Gasteiger partial charge in [-0.2, -0.15) is 0 Å². The normalized spacial score (nSPS) is 18.7. The Morgan fingerprint density at radius 3 is 2.60 bits per heavy atom. The molecule has 4 heteroatoms. The van der Waals surface area contributed by atoms with E-state index in [0.717, 1.165) is 30.3 Å². The van der Waals surface area contributed by atoms with Crippen molar-refractivity contribution in [2.75, 3.05) is 20.4 Å². The molecule has 1 aromatic rings. The van der Waals surface area contributed by atoms with Gasteiger partial charge in [0.1, 0.15) is 5.75 Å². The lowest BCUT2D eigenvalue weighted by Gasteiger charge is -2.27. The molecular weight excluding hydrogens is 254 g/mol. The molecule has 1 N–H and O–H groups in total. The molecule has 0 saturated heterocycles. The van der Waals surface area contributed by atoms with Crippen molar-refractivity contribution < 1.29 is 14.6 Å². The summed E-state index contributed by atoms with van der Waals surface area (Å²) in [5, 5.41) is 10.1. The number of benzene rings is 1. The van der Waals surface area contributed by atoms with Gasteiger partial charge in [0, 0.05) is 24.7 Å². The van der Waals surface area contributed by atoms with Gasteiger partial charge in [0.05, 0.1) is 0 Å². The fourth-order valence-electron chi connectivity index (χ4n) is 3.27. The first-order valence-corrected chi connectivity index (χ1v) is 7.52. The number of phenols is 1. The summed E-state index contributed by atoms with van der Waals surface area (Å²) in [6.07, 6.45) is 6.82. The summed E-state index contributed by atoms with van der Waals surface area (Å²) in [6, 6.07) is 3.56. The summed E-state index contributed by atoms with van der Waals surface area (Å²) in [5.41, 5.74) is 0.910. The Kier molecular flexibility index (Phi) is 4.01. The predicted molar refractivity (Wildman–Crippen MR) is 77.1 cm³/mol. The van der Waals surface area contributed by atoms with E-state index in [1.165, 1.54) is 32.1 Å². The largest absolute Gasteiger partial charge is 0.507 e. The van der Waals surface area contributed by atoms with Gasteiger partial charge < -0.3 is 19.5 Å². The van der Waals surface area contributed by atoms with Gasteiger partial charge in [-0.3, -0.25) is 0 Å². The molecule has 4 nitrogen and oxygen atoms in total. The van der Waals surface area contributed by atoms with Crippen molar-refractivity contribution in [3.05, 3.63) is 17.7 Å². The Balaban J connectivity index is 1.62. The summed E-state index contributed by atoms with van der Waals surface area (Å²) < 4.78 is 10.6. The van der Waals surface area contributed by atoms with Gasteiger partial charge in [-0.15, -0.1) is 0 Å². The molecule has 1 saturated carbocycles. The van der Waals surface area contributed by atoms with Crippen molar-refractivity contribution in [1.82, 2.24) is 4.90 Å². The third kappa shape index (κ3) is 3.01. The standard InChI is InChI=1S/C16H23NO3/c1-17(9-12-5-3-2-4-6-12)10-13-7-15-16(8-14(13)18)20-11-19-15/h7-8,12,18H,2-6,9-11H2,1H3. The van der Waals surface area contributed by atoms with Crippen molar-refractivity contribution in [3.8, 4) is 17.2 Å². The second kappa shape index (κ2) is 5.92. The molecule has 3 rings (SSSR count). The first-order valence-electron chi connectivity index (χ1n) is 7.52. The Morgan fingerprint density at radius 2 is 1.85 bits per heavy atom. The van der Waals surface area contributed by atoms with E-state index in [2.05, 4.69) is 11.9 Å². The van der Waals surface area contributed by atoms with Crippen LogP contribution < -0.4 is 9.47 Å². The molecule has 0 unspecified atom stereocenters. The van der Waals surface area contributed by atoms with Crippen molar-refractivity contribution in [3.63, 3.8) is 0 Å². The number of phenolic OH excluding ortho intramolecular Hbond substituents is 1. The minimum absolute atomic E-state index is 0.246. The lowest BCUT2D eigenvalue weighted by atomic mass is 9.89. The third-order valence-electron chi connectivity index (χ3n) is 4.31. The van der Waals surface area contributed by atoms with E-state index >= 15 is 0 Å². The van der Waals surface area contributed by atoms with Crippen LogP contribution in [0.3, 0.4) is 0 Å². The average Bonchev–Trinajstić information content (AvgIpc) is 2.87. The Hall–Kier alpha value is -1.42. The molecule has 0 spiro atoms. The summed E-state index contributed by atoms with van der Waals surface area (Å²) in [5.74, 6) is 2.49. The van der Waals surface area contributed by atoms with Gasteiger partial charge in [0.25, 0.3) is 0 Å². The molecule has 1 aliphatic heterocycles. The van der Waals surface area contributed by atoms with Gasteiger partial charge in [-0.05, 0) is 31.9 Å². The SMILES string of the molecule is CN(Cc1cc2c(cc1O)OCO2)CC1CCCCC1. The maximum atomic E-state index is 10.1. The van der Waals surface area contributed by atoms with Gasteiger partial charge >= 0.3 is 0 Å². The number of nitrogens with zero attached hydrogens (tertiary/aromatic N) is 1. The minimum Gasteiger partial charge on any atom is -0.507 e. The number of fused-ring (bicyclic) bond motifs is 1. The summed E-state index contributed by atoms with van der Waals surface area (Å²) >= 11 is 0. The Morgan fingerprint density at radius 1 is 1.15 bits per heavy atom. The van der Waals surface area contributed by atoms with Crippen LogP contribution in [0, 0.1) is 5.92 Å². The molecule has 1 aromatic carbocycles. The zero-order valence-electron chi connectivity index (χ0n) is 12.1. The second-order valence-corrected chi connectivity index (χ2v) is 6.03. The number of hydrogen-bond acceptors (Lipinski definition) is 4.